The van der Waals surface area contributed by atoms with E-state index in [-0.39, 0.29) is 12.1 Å². The Morgan fingerprint density at radius 3 is 2.61 bits per heavy atom. The highest BCUT2D eigenvalue weighted by Gasteiger charge is 2.33. The van der Waals surface area contributed by atoms with Gasteiger partial charge in [0.15, 0.2) is 0 Å². The zero-order chi connectivity index (χ0) is 17.0. The summed E-state index contributed by atoms with van der Waals surface area (Å²) in [6.07, 6.45) is -1.74. The number of anilines is 1. The fourth-order valence-electron chi connectivity index (χ4n) is 2.88. The van der Waals surface area contributed by atoms with E-state index >= 15 is 0 Å². The van der Waals surface area contributed by atoms with E-state index in [1.807, 2.05) is 0 Å². The molecule has 5 nitrogen and oxygen atoms in total. The summed E-state index contributed by atoms with van der Waals surface area (Å²) in [7, 11) is 1.72. The predicted octanol–water partition coefficient (Wildman–Crippen LogP) is 2.02. The number of aromatic nitrogens is 2. The number of halogens is 3. The van der Waals surface area contributed by atoms with Crippen molar-refractivity contribution in [3.63, 3.8) is 0 Å². The molecule has 0 bridgehead atoms. The van der Waals surface area contributed by atoms with Gasteiger partial charge in [-0.15, -0.1) is 0 Å². The van der Waals surface area contributed by atoms with Crippen LogP contribution in [0, 0.1) is 5.92 Å². The third-order valence-corrected chi connectivity index (χ3v) is 4.04. The highest BCUT2D eigenvalue weighted by Crippen LogP contribution is 2.28. The lowest BCUT2D eigenvalue weighted by Gasteiger charge is -2.34. The molecule has 1 aliphatic rings. The number of hydrogen-bond acceptors (Lipinski definition) is 5. The van der Waals surface area contributed by atoms with Gasteiger partial charge in [-0.2, -0.15) is 13.2 Å². The van der Waals surface area contributed by atoms with Crippen LogP contribution in [0.1, 0.15) is 25.5 Å². The molecule has 8 heteroatoms. The number of aliphatic hydroxyl groups is 1. The van der Waals surface area contributed by atoms with E-state index in [0.717, 1.165) is 38.2 Å². The summed E-state index contributed by atoms with van der Waals surface area (Å²) in [5, 5.41) is 9.40. The van der Waals surface area contributed by atoms with Gasteiger partial charge in [0.25, 0.3) is 0 Å². The van der Waals surface area contributed by atoms with Gasteiger partial charge in [0.05, 0.1) is 6.10 Å². The highest BCUT2D eigenvalue weighted by molar-refractivity contribution is 5.29. The molecule has 1 aliphatic heterocycles. The third kappa shape index (κ3) is 5.31. The van der Waals surface area contributed by atoms with Gasteiger partial charge in [0.2, 0.25) is 5.95 Å². The maximum absolute atomic E-state index is 12.7. The lowest BCUT2D eigenvalue weighted by Crippen LogP contribution is -2.40. The minimum Gasteiger partial charge on any atom is -0.392 e. The highest BCUT2D eigenvalue weighted by atomic mass is 19.4. The van der Waals surface area contributed by atoms with Gasteiger partial charge >= 0.3 is 6.18 Å². The fourth-order valence-corrected chi connectivity index (χ4v) is 2.88. The summed E-state index contributed by atoms with van der Waals surface area (Å²) in [5.41, 5.74) is -0.916. The molecule has 1 N–H and O–H groups in total. The van der Waals surface area contributed by atoms with E-state index in [1.165, 1.54) is 0 Å². The van der Waals surface area contributed by atoms with Crippen LogP contribution in [-0.4, -0.2) is 59.3 Å². The fraction of sp³-hybridized carbons (Fsp3) is 0.733. The normalized spacial score (nSPS) is 18.9. The standard InChI is InChI=1S/C15H23F3N4O/c1-11(23)9-22-7-4-12(5-8-22)10-21(2)14-19-6-3-13(20-14)15(16,17)18/h3,6,11-12,23H,4-5,7-10H2,1-2H3. The van der Waals surface area contributed by atoms with Crippen LogP contribution >= 0.6 is 0 Å². The van der Waals surface area contributed by atoms with Crippen molar-refractivity contribution >= 4 is 5.95 Å². The van der Waals surface area contributed by atoms with Crippen molar-refractivity contribution in [3.8, 4) is 0 Å². The van der Waals surface area contributed by atoms with Crippen LogP contribution in [-0.2, 0) is 6.18 Å². The minimum absolute atomic E-state index is 0.103. The molecule has 2 heterocycles. The van der Waals surface area contributed by atoms with Crippen molar-refractivity contribution < 1.29 is 18.3 Å². The molecule has 1 unspecified atom stereocenters. The van der Waals surface area contributed by atoms with E-state index < -0.39 is 11.9 Å². The first-order valence-corrected chi connectivity index (χ1v) is 7.77. The van der Waals surface area contributed by atoms with Crippen molar-refractivity contribution in [2.45, 2.75) is 32.0 Å². The average Bonchev–Trinajstić information content (AvgIpc) is 2.48. The second kappa shape index (κ2) is 7.44. The Kier molecular flexibility index (Phi) is 5.80. The van der Waals surface area contributed by atoms with Crippen LogP contribution in [0.3, 0.4) is 0 Å². The smallest absolute Gasteiger partial charge is 0.392 e. The molecule has 0 aliphatic carbocycles. The molecular formula is C15H23F3N4O. The predicted molar refractivity (Wildman–Crippen MR) is 81.1 cm³/mol. The topological polar surface area (TPSA) is 52.5 Å². The van der Waals surface area contributed by atoms with Gasteiger partial charge < -0.3 is 14.9 Å². The lowest BCUT2D eigenvalue weighted by molar-refractivity contribution is -0.141. The molecule has 0 spiro atoms. The Hall–Kier alpha value is -1.41. The van der Waals surface area contributed by atoms with Crippen LogP contribution in [0.2, 0.25) is 0 Å². The molecule has 130 valence electrons. The Labute approximate surface area is 134 Å². The number of aliphatic hydroxyl groups excluding tert-OH is 1. The minimum atomic E-state index is -4.45. The molecule has 0 amide bonds. The SMILES string of the molecule is CC(O)CN1CCC(CN(C)c2nccc(C(F)(F)F)n2)CC1. The zero-order valence-electron chi connectivity index (χ0n) is 13.4. The van der Waals surface area contributed by atoms with Crippen LogP contribution in [0.15, 0.2) is 12.3 Å². The van der Waals surface area contributed by atoms with Gasteiger partial charge in [-0.25, -0.2) is 9.97 Å². The van der Waals surface area contributed by atoms with E-state index in [0.29, 0.717) is 19.0 Å². The van der Waals surface area contributed by atoms with E-state index in [2.05, 4.69) is 14.9 Å². The summed E-state index contributed by atoms with van der Waals surface area (Å²) in [6, 6.07) is 0.881. The molecular weight excluding hydrogens is 309 g/mol. The molecule has 1 fully saturated rings. The number of alkyl halides is 3. The maximum Gasteiger partial charge on any atom is 0.433 e. The molecule has 1 aromatic rings. The summed E-state index contributed by atoms with van der Waals surface area (Å²) >= 11 is 0. The van der Waals surface area contributed by atoms with Gasteiger partial charge in [0, 0.05) is 26.3 Å². The molecule has 0 radical (unpaired) electrons. The van der Waals surface area contributed by atoms with Gasteiger partial charge in [-0.05, 0) is 44.8 Å². The van der Waals surface area contributed by atoms with Crippen LogP contribution in [0.25, 0.3) is 0 Å². The Bertz CT molecular complexity index is 502. The monoisotopic (exact) mass is 332 g/mol. The van der Waals surface area contributed by atoms with Gasteiger partial charge in [-0.1, -0.05) is 0 Å². The van der Waals surface area contributed by atoms with E-state index in [1.54, 1.807) is 18.9 Å². The molecule has 2 rings (SSSR count). The van der Waals surface area contributed by atoms with Crippen LogP contribution in [0.4, 0.5) is 19.1 Å². The van der Waals surface area contributed by atoms with Crippen LogP contribution in [0.5, 0.6) is 0 Å². The Morgan fingerprint density at radius 2 is 2.04 bits per heavy atom. The number of likely N-dealkylation sites (tertiary alicyclic amines) is 1. The first-order valence-electron chi connectivity index (χ1n) is 7.77. The van der Waals surface area contributed by atoms with Crippen molar-refractivity contribution in [2.75, 3.05) is 38.1 Å². The van der Waals surface area contributed by atoms with E-state index in [9.17, 15) is 18.3 Å². The molecule has 23 heavy (non-hydrogen) atoms. The number of β-amino-alcohol motifs (C(OH)–C–C–N with tert-alkyl or cyclic N) is 1. The average molecular weight is 332 g/mol. The number of nitrogens with zero attached hydrogens (tertiary/aromatic N) is 4. The Morgan fingerprint density at radius 1 is 1.39 bits per heavy atom. The zero-order valence-corrected chi connectivity index (χ0v) is 13.4. The second-order valence-corrected chi connectivity index (χ2v) is 6.21. The third-order valence-electron chi connectivity index (χ3n) is 4.04. The molecule has 1 aromatic heterocycles. The molecule has 1 saturated heterocycles. The van der Waals surface area contributed by atoms with Crippen molar-refractivity contribution in [3.05, 3.63) is 18.0 Å². The van der Waals surface area contributed by atoms with Crippen molar-refractivity contribution in [1.29, 1.82) is 0 Å². The summed E-state index contributed by atoms with van der Waals surface area (Å²) in [6.45, 7) is 4.85. The van der Waals surface area contributed by atoms with E-state index in [4.69, 9.17) is 0 Å². The molecule has 1 atom stereocenters. The number of rotatable bonds is 5. The van der Waals surface area contributed by atoms with Crippen molar-refractivity contribution in [1.82, 2.24) is 14.9 Å². The molecule has 0 saturated carbocycles. The maximum atomic E-state index is 12.7. The quantitative estimate of drug-likeness (QED) is 0.894. The molecule has 0 aromatic carbocycles. The van der Waals surface area contributed by atoms with Gasteiger partial charge in [0.1, 0.15) is 5.69 Å². The van der Waals surface area contributed by atoms with Crippen molar-refractivity contribution in [2.24, 2.45) is 5.92 Å². The van der Waals surface area contributed by atoms with Crippen LogP contribution < -0.4 is 4.90 Å². The first kappa shape index (κ1) is 17.9. The number of hydrogen-bond donors (Lipinski definition) is 1. The van der Waals surface area contributed by atoms with Gasteiger partial charge in [-0.3, -0.25) is 0 Å². The lowest BCUT2D eigenvalue weighted by atomic mass is 9.96. The second-order valence-electron chi connectivity index (χ2n) is 6.21. The summed E-state index contributed by atoms with van der Waals surface area (Å²) in [4.78, 5) is 11.4. The Balaban J connectivity index is 1.89. The largest absolute Gasteiger partial charge is 0.433 e. The first-order chi connectivity index (χ1) is 10.8. The number of piperidine rings is 1. The summed E-state index contributed by atoms with van der Waals surface area (Å²) in [5.74, 6) is 0.495. The summed E-state index contributed by atoms with van der Waals surface area (Å²) < 4.78 is 38.1.